The zero-order valence-corrected chi connectivity index (χ0v) is 13.1. The van der Waals surface area contributed by atoms with Crippen LogP contribution in [0.25, 0.3) is 0 Å². The van der Waals surface area contributed by atoms with Crippen LogP contribution in [0.5, 0.6) is 0 Å². The lowest BCUT2D eigenvalue weighted by molar-refractivity contribution is 0.0838. The molecule has 116 valence electrons. The topological polar surface area (TPSA) is 65.5 Å². The Bertz CT molecular complexity index is 630. The number of carbonyl (C=O) groups is 1. The number of nitrogens with one attached hydrogen (secondary N) is 1. The molecule has 0 aliphatic carbocycles. The van der Waals surface area contributed by atoms with Crippen molar-refractivity contribution in [2.45, 2.75) is 19.1 Å². The first-order valence-electron chi connectivity index (χ1n) is 7.36. The molecular weight excluding hydrogens is 298 g/mol. The van der Waals surface area contributed by atoms with Crippen molar-refractivity contribution < 1.29 is 9.90 Å². The number of aliphatic hydroxyl groups is 1. The second kappa shape index (κ2) is 7.00. The van der Waals surface area contributed by atoms with Crippen LogP contribution in [0.15, 0.2) is 35.2 Å². The van der Waals surface area contributed by atoms with Crippen molar-refractivity contribution >= 4 is 17.2 Å². The summed E-state index contributed by atoms with van der Waals surface area (Å²) in [6, 6.07) is 8.42. The van der Waals surface area contributed by atoms with Gasteiger partial charge in [0.05, 0.1) is 11.6 Å². The number of nitrogens with zero attached hydrogens (tertiary/aromatic N) is 2. The van der Waals surface area contributed by atoms with Crippen LogP contribution in [0.1, 0.15) is 21.6 Å². The SMILES string of the molecule is O=C(NCC(O)CN1CCc2ccccc2C1)c1cscn1. The van der Waals surface area contributed by atoms with Crippen LogP contribution in [-0.4, -0.2) is 46.6 Å². The van der Waals surface area contributed by atoms with Gasteiger partial charge in [0.25, 0.3) is 5.91 Å². The molecule has 0 saturated carbocycles. The van der Waals surface area contributed by atoms with Gasteiger partial charge in [-0.15, -0.1) is 11.3 Å². The normalized spacial score (nSPS) is 16.0. The molecule has 22 heavy (non-hydrogen) atoms. The van der Waals surface area contributed by atoms with Crippen molar-refractivity contribution in [2.75, 3.05) is 19.6 Å². The first kappa shape index (κ1) is 15.1. The van der Waals surface area contributed by atoms with Gasteiger partial charge in [0.1, 0.15) is 5.69 Å². The fraction of sp³-hybridized carbons (Fsp3) is 0.375. The van der Waals surface area contributed by atoms with Gasteiger partial charge in [-0.25, -0.2) is 4.98 Å². The summed E-state index contributed by atoms with van der Waals surface area (Å²) < 4.78 is 0. The molecule has 2 N–H and O–H groups in total. The second-order valence-corrected chi connectivity index (χ2v) is 6.21. The van der Waals surface area contributed by atoms with E-state index in [1.165, 1.54) is 22.5 Å². The molecule has 1 aliphatic rings. The van der Waals surface area contributed by atoms with Gasteiger partial charge in [-0.05, 0) is 17.5 Å². The number of amides is 1. The van der Waals surface area contributed by atoms with Crippen LogP contribution in [-0.2, 0) is 13.0 Å². The molecule has 6 heteroatoms. The van der Waals surface area contributed by atoms with E-state index < -0.39 is 6.10 Å². The first-order valence-corrected chi connectivity index (χ1v) is 8.30. The van der Waals surface area contributed by atoms with Crippen molar-refractivity contribution in [3.05, 3.63) is 52.0 Å². The van der Waals surface area contributed by atoms with E-state index in [-0.39, 0.29) is 12.5 Å². The number of rotatable bonds is 5. The molecule has 1 unspecified atom stereocenters. The van der Waals surface area contributed by atoms with Gasteiger partial charge in [-0.1, -0.05) is 24.3 Å². The van der Waals surface area contributed by atoms with Gasteiger partial charge in [0.2, 0.25) is 0 Å². The van der Waals surface area contributed by atoms with Crippen LogP contribution >= 0.6 is 11.3 Å². The van der Waals surface area contributed by atoms with Crippen LogP contribution in [0.3, 0.4) is 0 Å². The third-order valence-electron chi connectivity index (χ3n) is 3.84. The standard InChI is InChI=1S/C16H19N3O2S/c20-14(7-17-16(21)15-10-22-11-18-15)9-19-6-5-12-3-1-2-4-13(12)8-19/h1-4,10-11,14,20H,5-9H2,(H,17,21). The molecule has 0 bridgehead atoms. The average Bonchev–Trinajstić information content (AvgIpc) is 3.07. The predicted octanol–water partition coefficient (Wildman–Crippen LogP) is 1.29. The lowest BCUT2D eigenvalue weighted by Crippen LogP contribution is -2.42. The maximum atomic E-state index is 11.8. The van der Waals surface area contributed by atoms with E-state index in [1.54, 1.807) is 10.9 Å². The lowest BCUT2D eigenvalue weighted by Gasteiger charge is -2.30. The molecule has 2 aromatic rings. The van der Waals surface area contributed by atoms with Crippen molar-refractivity contribution in [1.82, 2.24) is 15.2 Å². The highest BCUT2D eigenvalue weighted by atomic mass is 32.1. The van der Waals surface area contributed by atoms with E-state index in [4.69, 9.17) is 0 Å². The highest BCUT2D eigenvalue weighted by Gasteiger charge is 2.19. The van der Waals surface area contributed by atoms with Gasteiger partial charge in [-0.2, -0.15) is 0 Å². The Kier molecular flexibility index (Phi) is 4.82. The zero-order chi connectivity index (χ0) is 15.4. The number of hydrogen-bond acceptors (Lipinski definition) is 5. The number of benzene rings is 1. The van der Waals surface area contributed by atoms with Crippen molar-refractivity contribution in [3.8, 4) is 0 Å². The minimum atomic E-state index is -0.576. The Balaban J connectivity index is 1.46. The molecule has 1 atom stereocenters. The Morgan fingerprint density at radius 3 is 3.00 bits per heavy atom. The molecule has 1 amide bonds. The molecular formula is C16H19N3O2S. The summed E-state index contributed by atoms with van der Waals surface area (Å²) in [6.45, 7) is 2.60. The Morgan fingerprint density at radius 2 is 2.23 bits per heavy atom. The fourth-order valence-corrected chi connectivity index (χ4v) is 3.23. The molecule has 1 aliphatic heterocycles. The maximum absolute atomic E-state index is 11.8. The minimum absolute atomic E-state index is 0.232. The molecule has 1 aromatic carbocycles. The number of aromatic nitrogens is 1. The van der Waals surface area contributed by atoms with Crippen molar-refractivity contribution in [1.29, 1.82) is 0 Å². The predicted molar refractivity (Wildman–Crippen MR) is 85.9 cm³/mol. The Morgan fingerprint density at radius 1 is 1.41 bits per heavy atom. The number of β-amino-alcohol motifs (C(OH)–C–C–N with tert-alkyl or cyclic N) is 1. The van der Waals surface area contributed by atoms with Crippen LogP contribution in [0, 0.1) is 0 Å². The zero-order valence-electron chi connectivity index (χ0n) is 12.2. The summed E-state index contributed by atoms with van der Waals surface area (Å²) in [7, 11) is 0. The summed E-state index contributed by atoms with van der Waals surface area (Å²) in [6.07, 6.45) is 0.432. The van der Waals surface area contributed by atoms with Crippen LogP contribution in [0.2, 0.25) is 0 Å². The van der Waals surface area contributed by atoms with Gasteiger partial charge < -0.3 is 10.4 Å². The van der Waals surface area contributed by atoms with Gasteiger partial charge in [0.15, 0.2) is 0 Å². The number of fused-ring (bicyclic) bond motifs is 1. The van der Waals surface area contributed by atoms with E-state index in [0.29, 0.717) is 12.2 Å². The molecule has 0 spiro atoms. The summed E-state index contributed by atoms with van der Waals surface area (Å²) >= 11 is 1.38. The van der Waals surface area contributed by atoms with Gasteiger partial charge in [0, 0.05) is 31.6 Å². The van der Waals surface area contributed by atoms with E-state index in [1.807, 2.05) is 6.07 Å². The fourth-order valence-electron chi connectivity index (χ4n) is 2.70. The van der Waals surface area contributed by atoms with E-state index in [9.17, 15) is 9.90 Å². The second-order valence-electron chi connectivity index (χ2n) is 5.49. The smallest absolute Gasteiger partial charge is 0.270 e. The molecule has 0 radical (unpaired) electrons. The lowest BCUT2D eigenvalue weighted by atomic mass is 10.00. The van der Waals surface area contributed by atoms with Crippen LogP contribution < -0.4 is 5.32 Å². The molecule has 0 fully saturated rings. The largest absolute Gasteiger partial charge is 0.390 e. The first-order chi connectivity index (χ1) is 10.7. The molecule has 3 rings (SSSR count). The Labute approximate surface area is 133 Å². The summed E-state index contributed by atoms with van der Waals surface area (Å²) in [5.41, 5.74) is 4.75. The van der Waals surface area contributed by atoms with Crippen molar-refractivity contribution in [2.24, 2.45) is 0 Å². The van der Waals surface area contributed by atoms with E-state index >= 15 is 0 Å². The van der Waals surface area contributed by atoms with E-state index in [2.05, 4.69) is 33.4 Å². The number of carbonyl (C=O) groups excluding carboxylic acids is 1. The molecule has 5 nitrogen and oxygen atoms in total. The third-order valence-corrected chi connectivity index (χ3v) is 4.43. The number of thiazole rings is 1. The monoisotopic (exact) mass is 317 g/mol. The van der Waals surface area contributed by atoms with E-state index in [0.717, 1.165) is 19.5 Å². The summed E-state index contributed by atoms with van der Waals surface area (Å²) in [5, 5.41) is 14.5. The minimum Gasteiger partial charge on any atom is -0.390 e. The molecule has 0 saturated heterocycles. The quantitative estimate of drug-likeness (QED) is 0.872. The summed E-state index contributed by atoms with van der Waals surface area (Å²) in [5.74, 6) is -0.232. The number of hydrogen-bond donors (Lipinski definition) is 2. The van der Waals surface area contributed by atoms with Gasteiger partial charge in [-0.3, -0.25) is 9.69 Å². The van der Waals surface area contributed by atoms with Crippen molar-refractivity contribution in [3.63, 3.8) is 0 Å². The third kappa shape index (κ3) is 3.71. The van der Waals surface area contributed by atoms with Crippen LogP contribution in [0.4, 0.5) is 0 Å². The Hall–Kier alpha value is -1.76. The molecule has 2 heterocycles. The highest BCUT2D eigenvalue weighted by molar-refractivity contribution is 7.07. The average molecular weight is 317 g/mol. The van der Waals surface area contributed by atoms with Gasteiger partial charge >= 0.3 is 0 Å². The highest BCUT2D eigenvalue weighted by Crippen LogP contribution is 2.18. The maximum Gasteiger partial charge on any atom is 0.270 e. The molecule has 1 aromatic heterocycles. The number of aliphatic hydroxyl groups excluding tert-OH is 1. The summed E-state index contributed by atoms with van der Waals surface area (Å²) in [4.78, 5) is 17.9.